The number of benzene rings is 1. The zero-order valence-corrected chi connectivity index (χ0v) is 7.69. The van der Waals surface area contributed by atoms with Gasteiger partial charge in [-0.3, -0.25) is 0 Å². The Labute approximate surface area is 76.2 Å². The Morgan fingerprint density at radius 1 is 1.45 bits per heavy atom. The number of hydrogen-bond acceptors (Lipinski definition) is 2. The van der Waals surface area contributed by atoms with Crippen molar-refractivity contribution >= 4 is 38.5 Å². The molecule has 0 spiro atoms. The second-order valence-corrected chi connectivity index (χ2v) is 3.39. The van der Waals surface area contributed by atoms with E-state index in [-0.39, 0.29) is 0 Å². The van der Waals surface area contributed by atoms with Gasteiger partial charge in [-0.05, 0) is 22.0 Å². The smallest absolute Gasteiger partial charge is 0.168 e. The molecular weight excluding hydrogens is 229 g/mol. The summed E-state index contributed by atoms with van der Waals surface area (Å²) in [6.07, 6.45) is 1.65. The van der Waals surface area contributed by atoms with Crippen molar-refractivity contribution in [2.45, 2.75) is 0 Å². The molecule has 2 aromatic rings. The van der Waals surface area contributed by atoms with Crippen molar-refractivity contribution in [2.75, 3.05) is 0 Å². The summed E-state index contributed by atoms with van der Waals surface area (Å²) in [6.45, 7) is 0. The molecule has 0 radical (unpaired) electrons. The fourth-order valence-corrected chi connectivity index (χ4v) is 1.38. The Hall–Kier alpha value is -0.540. The van der Waals surface area contributed by atoms with Crippen LogP contribution in [-0.2, 0) is 0 Å². The van der Waals surface area contributed by atoms with Crippen LogP contribution in [0.25, 0.3) is 11.0 Å². The summed E-state index contributed by atoms with van der Waals surface area (Å²) in [6, 6.07) is 3.60. The van der Waals surface area contributed by atoms with Crippen molar-refractivity contribution in [2.24, 2.45) is 0 Å². The SMILES string of the molecule is Clc1cc2oncc2cc1Br. The normalized spacial score (nSPS) is 10.7. The maximum Gasteiger partial charge on any atom is 0.168 e. The molecule has 56 valence electrons. The van der Waals surface area contributed by atoms with Gasteiger partial charge in [0, 0.05) is 15.9 Å². The Morgan fingerprint density at radius 2 is 2.27 bits per heavy atom. The van der Waals surface area contributed by atoms with Gasteiger partial charge in [-0.1, -0.05) is 16.8 Å². The van der Waals surface area contributed by atoms with Crippen LogP contribution in [0.5, 0.6) is 0 Å². The Morgan fingerprint density at radius 3 is 3.09 bits per heavy atom. The van der Waals surface area contributed by atoms with E-state index >= 15 is 0 Å². The molecule has 0 saturated carbocycles. The summed E-state index contributed by atoms with van der Waals surface area (Å²) < 4.78 is 5.75. The number of aromatic nitrogens is 1. The predicted molar refractivity (Wildman–Crippen MR) is 46.7 cm³/mol. The topological polar surface area (TPSA) is 26.0 Å². The zero-order chi connectivity index (χ0) is 7.84. The molecule has 0 aliphatic heterocycles. The van der Waals surface area contributed by atoms with Gasteiger partial charge < -0.3 is 4.52 Å². The van der Waals surface area contributed by atoms with E-state index in [1.54, 1.807) is 12.3 Å². The van der Waals surface area contributed by atoms with Gasteiger partial charge in [0.1, 0.15) is 0 Å². The number of hydrogen-bond donors (Lipinski definition) is 0. The van der Waals surface area contributed by atoms with Crippen molar-refractivity contribution in [3.8, 4) is 0 Å². The van der Waals surface area contributed by atoms with Crippen molar-refractivity contribution in [3.05, 3.63) is 27.8 Å². The third-order valence-corrected chi connectivity index (χ3v) is 2.59. The highest BCUT2D eigenvalue weighted by Gasteiger charge is 2.02. The van der Waals surface area contributed by atoms with Crippen LogP contribution in [0.4, 0.5) is 0 Å². The molecule has 0 aliphatic carbocycles. The fraction of sp³-hybridized carbons (Fsp3) is 0. The molecule has 2 rings (SSSR count). The van der Waals surface area contributed by atoms with E-state index in [9.17, 15) is 0 Å². The lowest BCUT2D eigenvalue weighted by molar-refractivity contribution is 0.456. The molecule has 0 bridgehead atoms. The Balaban J connectivity index is 2.86. The van der Waals surface area contributed by atoms with Crippen LogP contribution in [-0.4, -0.2) is 5.16 Å². The summed E-state index contributed by atoms with van der Waals surface area (Å²) in [5, 5.41) is 5.21. The molecule has 0 N–H and O–H groups in total. The van der Waals surface area contributed by atoms with Gasteiger partial charge in [0.2, 0.25) is 0 Å². The molecule has 2 nitrogen and oxygen atoms in total. The molecule has 11 heavy (non-hydrogen) atoms. The molecule has 0 aliphatic rings. The molecule has 0 unspecified atom stereocenters. The van der Waals surface area contributed by atoms with Crippen LogP contribution in [0.1, 0.15) is 0 Å². The molecule has 4 heteroatoms. The predicted octanol–water partition coefficient (Wildman–Crippen LogP) is 3.24. The quantitative estimate of drug-likeness (QED) is 0.697. The van der Waals surface area contributed by atoms with Crippen molar-refractivity contribution in [3.63, 3.8) is 0 Å². The summed E-state index contributed by atoms with van der Waals surface area (Å²) in [5.41, 5.74) is 0.707. The second kappa shape index (κ2) is 2.50. The third-order valence-electron chi connectivity index (χ3n) is 1.40. The van der Waals surface area contributed by atoms with Crippen LogP contribution in [0.2, 0.25) is 5.02 Å². The van der Waals surface area contributed by atoms with Gasteiger partial charge in [-0.25, -0.2) is 0 Å². The van der Waals surface area contributed by atoms with Gasteiger partial charge in [0.05, 0.1) is 11.2 Å². The van der Waals surface area contributed by atoms with Crippen LogP contribution < -0.4 is 0 Å². The minimum Gasteiger partial charge on any atom is -0.356 e. The Bertz CT molecular complexity index is 362. The molecule has 0 fully saturated rings. The summed E-state index contributed by atoms with van der Waals surface area (Å²) in [4.78, 5) is 0. The maximum atomic E-state index is 5.81. The van der Waals surface area contributed by atoms with Crippen molar-refractivity contribution in [1.29, 1.82) is 0 Å². The van der Waals surface area contributed by atoms with Gasteiger partial charge in [0.25, 0.3) is 0 Å². The van der Waals surface area contributed by atoms with Gasteiger partial charge in [-0.15, -0.1) is 0 Å². The van der Waals surface area contributed by atoms with Crippen LogP contribution in [0.15, 0.2) is 27.3 Å². The highest BCUT2D eigenvalue weighted by Crippen LogP contribution is 2.27. The standard InChI is InChI=1S/C7H3BrClNO/c8-5-1-4-3-10-11-7(4)2-6(5)9/h1-3H. The van der Waals surface area contributed by atoms with E-state index < -0.39 is 0 Å². The molecule has 1 aromatic heterocycles. The highest BCUT2D eigenvalue weighted by molar-refractivity contribution is 9.10. The van der Waals surface area contributed by atoms with E-state index in [1.807, 2.05) is 6.07 Å². The number of rotatable bonds is 0. The summed E-state index contributed by atoms with van der Waals surface area (Å²) in [5.74, 6) is 0. The van der Waals surface area contributed by atoms with E-state index in [2.05, 4.69) is 21.1 Å². The summed E-state index contributed by atoms with van der Waals surface area (Å²) >= 11 is 9.11. The van der Waals surface area contributed by atoms with Crippen molar-refractivity contribution in [1.82, 2.24) is 5.16 Å². The molecule has 1 aromatic carbocycles. The zero-order valence-electron chi connectivity index (χ0n) is 5.34. The number of nitrogens with zero attached hydrogens (tertiary/aromatic N) is 1. The minimum absolute atomic E-state index is 0.634. The van der Waals surface area contributed by atoms with E-state index in [0.717, 1.165) is 9.86 Å². The first-order valence-corrected chi connectivity index (χ1v) is 4.14. The van der Waals surface area contributed by atoms with E-state index in [0.29, 0.717) is 10.6 Å². The van der Waals surface area contributed by atoms with Crippen molar-refractivity contribution < 1.29 is 4.52 Å². The molecular formula is C7H3BrClNO. The average molecular weight is 232 g/mol. The van der Waals surface area contributed by atoms with Gasteiger partial charge >= 0.3 is 0 Å². The molecule has 1 heterocycles. The second-order valence-electron chi connectivity index (χ2n) is 2.13. The van der Waals surface area contributed by atoms with E-state index in [4.69, 9.17) is 16.1 Å². The first kappa shape index (κ1) is 7.13. The lowest BCUT2D eigenvalue weighted by Gasteiger charge is -1.92. The summed E-state index contributed by atoms with van der Waals surface area (Å²) in [7, 11) is 0. The third kappa shape index (κ3) is 1.14. The van der Waals surface area contributed by atoms with Crippen LogP contribution in [0, 0.1) is 0 Å². The fourth-order valence-electron chi connectivity index (χ4n) is 0.864. The lowest BCUT2D eigenvalue weighted by Crippen LogP contribution is -1.68. The monoisotopic (exact) mass is 231 g/mol. The first-order valence-electron chi connectivity index (χ1n) is 2.97. The Kier molecular flexibility index (Phi) is 1.62. The van der Waals surface area contributed by atoms with Crippen LogP contribution in [0.3, 0.4) is 0 Å². The molecule has 0 atom stereocenters. The van der Waals surface area contributed by atoms with Gasteiger partial charge in [-0.2, -0.15) is 0 Å². The average Bonchev–Trinajstić information content (AvgIpc) is 2.36. The molecule has 0 amide bonds. The lowest BCUT2D eigenvalue weighted by atomic mass is 10.3. The maximum absolute atomic E-state index is 5.81. The van der Waals surface area contributed by atoms with Gasteiger partial charge in [0.15, 0.2) is 5.58 Å². The highest BCUT2D eigenvalue weighted by atomic mass is 79.9. The first-order chi connectivity index (χ1) is 5.27. The minimum atomic E-state index is 0.634. The number of fused-ring (bicyclic) bond motifs is 1. The number of halogens is 2. The van der Waals surface area contributed by atoms with Crippen LogP contribution >= 0.6 is 27.5 Å². The van der Waals surface area contributed by atoms with E-state index in [1.165, 1.54) is 0 Å². The molecule has 0 saturated heterocycles. The largest absolute Gasteiger partial charge is 0.356 e.